The van der Waals surface area contributed by atoms with Gasteiger partial charge < -0.3 is 14.3 Å². The van der Waals surface area contributed by atoms with Crippen LogP contribution in [0.25, 0.3) is 22.3 Å². The molecule has 6 heteroatoms. The van der Waals surface area contributed by atoms with E-state index in [1.807, 2.05) is 104 Å². The van der Waals surface area contributed by atoms with Gasteiger partial charge in [-0.25, -0.2) is 4.98 Å². The molecule has 0 aliphatic heterocycles. The fourth-order valence-corrected chi connectivity index (χ4v) is 3.62. The van der Waals surface area contributed by atoms with Crippen molar-refractivity contribution >= 4 is 16.8 Å². The van der Waals surface area contributed by atoms with Crippen LogP contribution in [0.2, 0.25) is 0 Å². The molecular formula is C34H40IrNO4-. The van der Waals surface area contributed by atoms with Crippen LogP contribution >= 0.6 is 0 Å². The molecule has 0 amide bonds. The number of benzene rings is 2. The number of aromatic nitrogens is 1. The summed E-state index contributed by atoms with van der Waals surface area (Å²) in [5, 5.41) is 10.8. The topological polar surface area (TPSA) is 72.6 Å². The van der Waals surface area contributed by atoms with E-state index in [1.165, 1.54) is 6.08 Å². The monoisotopic (exact) mass is 719 g/mol. The van der Waals surface area contributed by atoms with Crippen molar-refractivity contribution in [1.82, 2.24) is 4.98 Å². The van der Waals surface area contributed by atoms with Crippen molar-refractivity contribution in [3.63, 3.8) is 0 Å². The first kappa shape index (κ1) is 33.0. The Bertz CT molecular complexity index is 1430. The zero-order chi connectivity index (χ0) is 28.8. The number of aliphatic hydroxyl groups is 1. The number of hydrogen-bond donors (Lipinski definition) is 1. The van der Waals surface area contributed by atoms with Gasteiger partial charge in [-0.05, 0) is 18.9 Å². The van der Waals surface area contributed by atoms with Gasteiger partial charge in [0.2, 0.25) is 5.88 Å². The summed E-state index contributed by atoms with van der Waals surface area (Å²) >= 11 is 0. The fraction of sp³-hybridized carbons (Fsp3) is 0.353. The van der Waals surface area contributed by atoms with Crippen LogP contribution in [-0.2, 0) is 24.9 Å². The van der Waals surface area contributed by atoms with Crippen LogP contribution in [0.15, 0.2) is 77.0 Å². The number of allylic oxidation sites excluding steroid dienone is 2. The Hall–Kier alpha value is -3.21. The smallest absolute Gasteiger partial charge is 0.217 e. The average molecular weight is 719 g/mol. The zero-order valence-electron chi connectivity index (χ0n) is 24.7. The number of hydrogen-bond acceptors (Lipinski definition) is 5. The molecule has 0 aliphatic carbocycles. The van der Waals surface area contributed by atoms with Crippen LogP contribution in [0.5, 0.6) is 11.6 Å². The van der Waals surface area contributed by atoms with Gasteiger partial charge in [0.05, 0.1) is 6.20 Å². The summed E-state index contributed by atoms with van der Waals surface area (Å²) < 4.78 is 11.7. The summed E-state index contributed by atoms with van der Waals surface area (Å²) in [6, 6.07) is 21.1. The largest absolute Gasteiger partial charge is 0.512 e. The van der Waals surface area contributed by atoms with Crippen LogP contribution in [0.4, 0.5) is 0 Å². The van der Waals surface area contributed by atoms with Crippen molar-refractivity contribution in [1.29, 1.82) is 0 Å². The molecule has 0 unspecified atom stereocenters. The molecule has 40 heavy (non-hydrogen) atoms. The first-order valence-electron chi connectivity index (χ1n) is 13.4. The summed E-state index contributed by atoms with van der Waals surface area (Å²) in [6.45, 7) is 15.7. The molecule has 0 aliphatic rings. The quantitative estimate of drug-likeness (QED) is 0.112. The number of rotatable bonds is 8. The molecule has 1 N–H and O–H groups in total. The molecule has 0 atom stereocenters. The first-order chi connectivity index (χ1) is 18.3. The molecular weight excluding hydrogens is 679 g/mol. The summed E-state index contributed by atoms with van der Waals surface area (Å²) in [6.07, 6.45) is 4.68. The average Bonchev–Trinajstić information content (AvgIpc) is 3.32. The number of aliphatic hydroxyl groups excluding tert-OH is 1. The Morgan fingerprint density at radius 3 is 2.25 bits per heavy atom. The SMILES string of the molecule is CCC(C)(C)C(=O)/C=C(\O)C(C)(C)CC.Cc1[c-]c(Oc2cc3cc(-c4ccccc4)oc3cn2)cc(C)c1.[Ir]. The molecule has 5 nitrogen and oxygen atoms in total. The van der Waals surface area contributed by atoms with Crippen molar-refractivity contribution in [2.45, 2.75) is 68.2 Å². The maximum Gasteiger partial charge on any atom is 0.217 e. The predicted octanol–water partition coefficient (Wildman–Crippen LogP) is 9.57. The number of furan rings is 1. The number of nitrogens with zero attached hydrogens (tertiary/aromatic N) is 1. The van der Waals surface area contributed by atoms with Crippen LogP contribution in [0.1, 0.15) is 65.5 Å². The van der Waals surface area contributed by atoms with Gasteiger partial charge in [-0.15, -0.1) is 12.1 Å². The van der Waals surface area contributed by atoms with E-state index >= 15 is 0 Å². The van der Waals surface area contributed by atoms with Crippen LogP contribution < -0.4 is 4.74 Å². The zero-order valence-corrected chi connectivity index (χ0v) is 27.1. The molecule has 0 fully saturated rings. The van der Waals surface area contributed by atoms with Gasteiger partial charge in [-0.1, -0.05) is 85.7 Å². The van der Waals surface area contributed by atoms with Gasteiger partial charge in [-0.2, -0.15) is 17.2 Å². The molecule has 2 aromatic carbocycles. The number of fused-ring (bicyclic) bond motifs is 1. The standard InChI is InChI=1S/C21H16NO2.C13H24O2.Ir/c1-14-8-15(2)10-18(9-14)23-21-12-17-11-19(24-20(17)13-22-21)16-6-4-3-5-7-16;1-7-12(3,4)10(14)9-11(15)13(5,6)8-2;/h3-9,11-13H,1-2H3;9,14H,7-8H2,1-6H3;/q-1;;/b;10-9-;. The molecule has 2 aromatic heterocycles. The second kappa shape index (κ2) is 13.9. The van der Waals surface area contributed by atoms with Crippen molar-refractivity contribution < 1.29 is 39.2 Å². The molecule has 0 saturated carbocycles. The number of carbonyl (C=O) groups excluding carboxylic acids is 1. The number of ketones is 1. The second-order valence-electron chi connectivity index (χ2n) is 11.2. The summed E-state index contributed by atoms with van der Waals surface area (Å²) in [5.74, 6) is 2.22. The number of pyridine rings is 1. The Morgan fingerprint density at radius 2 is 1.65 bits per heavy atom. The molecule has 4 rings (SSSR count). The van der Waals surface area contributed by atoms with Crippen LogP contribution in [0, 0.1) is 30.7 Å². The summed E-state index contributed by atoms with van der Waals surface area (Å²) in [4.78, 5) is 16.2. The molecule has 215 valence electrons. The molecule has 0 saturated heterocycles. The Morgan fingerprint density at radius 1 is 1.00 bits per heavy atom. The Balaban J connectivity index is 0.000000307. The number of carbonyl (C=O) groups is 1. The fourth-order valence-electron chi connectivity index (χ4n) is 3.62. The first-order valence-corrected chi connectivity index (χ1v) is 13.4. The Labute approximate surface area is 252 Å². The van der Waals surface area contributed by atoms with Gasteiger partial charge in [0.25, 0.3) is 0 Å². The third-order valence-corrected chi connectivity index (χ3v) is 7.17. The molecule has 4 aromatic rings. The summed E-state index contributed by atoms with van der Waals surface area (Å²) in [5.41, 5.74) is 3.28. The van der Waals surface area contributed by atoms with Gasteiger partial charge in [-0.3, -0.25) is 4.79 Å². The maximum absolute atomic E-state index is 11.8. The molecule has 2 heterocycles. The molecule has 1 radical (unpaired) electrons. The molecule has 0 spiro atoms. The van der Waals surface area contributed by atoms with Gasteiger partial charge >= 0.3 is 0 Å². The molecule has 0 bridgehead atoms. The minimum atomic E-state index is -0.377. The van der Waals surface area contributed by atoms with E-state index in [4.69, 9.17) is 9.15 Å². The third kappa shape index (κ3) is 8.64. The van der Waals surface area contributed by atoms with E-state index in [9.17, 15) is 9.90 Å². The van der Waals surface area contributed by atoms with Gasteiger partial charge in [0.1, 0.15) is 11.5 Å². The van der Waals surface area contributed by atoms with E-state index in [0.29, 0.717) is 11.6 Å². The normalized spacial score (nSPS) is 11.8. The van der Waals surface area contributed by atoms with Crippen LogP contribution in [0.3, 0.4) is 0 Å². The van der Waals surface area contributed by atoms with Gasteiger partial charge in [0.15, 0.2) is 11.4 Å². The van der Waals surface area contributed by atoms with Crippen LogP contribution in [-0.4, -0.2) is 15.9 Å². The van der Waals surface area contributed by atoms with Crippen molar-refractivity contribution in [3.8, 4) is 23.0 Å². The van der Waals surface area contributed by atoms with Crippen molar-refractivity contribution in [2.24, 2.45) is 10.8 Å². The minimum absolute atomic E-state index is 0. The third-order valence-electron chi connectivity index (χ3n) is 7.17. The van der Waals surface area contributed by atoms with E-state index in [0.717, 1.165) is 46.3 Å². The predicted molar refractivity (Wildman–Crippen MR) is 158 cm³/mol. The summed E-state index contributed by atoms with van der Waals surface area (Å²) in [7, 11) is 0. The number of ether oxygens (including phenoxy) is 1. The van der Waals surface area contributed by atoms with E-state index in [1.54, 1.807) is 6.20 Å². The Kier molecular flexibility index (Phi) is 11.5. The van der Waals surface area contributed by atoms with E-state index in [2.05, 4.69) is 17.1 Å². The van der Waals surface area contributed by atoms with E-state index in [-0.39, 0.29) is 42.5 Å². The van der Waals surface area contributed by atoms with Crippen molar-refractivity contribution in [2.75, 3.05) is 0 Å². The van der Waals surface area contributed by atoms with Crippen molar-refractivity contribution in [3.05, 3.63) is 89.8 Å². The minimum Gasteiger partial charge on any atom is -0.512 e. The van der Waals surface area contributed by atoms with Gasteiger partial charge in [0, 0.05) is 59.8 Å². The number of aryl methyl sites for hydroxylation is 2. The second-order valence-corrected chi connectivity index (χ2v) is 11.2. The van der Waals surface area contributed by atoms with E-state index < -0.39 is 0 Å². The maximum atomic E-state index is 11.8.